The summed E-state index contributed by atoms with van der Waals surface area (Å²) in [7, 11) is -1.41. The van der Waals surface area contributed by atoms with Gasteiger partial charge in [0.15, 0.2) is 15.8 Å². The number of rotatable bonds is 6. The SMILES string of the molecule is CN=C(NCCc1ccc(S(C)(=O)=O)cc1)NCc1cccc(Br)c1. The van der Waals surface area contributed by atoms with Crippen LogP contribution in [0.4, 0.5) is 0 Å². The van der Waals surface area contributed by atoms with Gasteiger partial charge in [0.1, 0.15) is 0 Å². The van der Waals surface area contributed by atoms with Gasteiger partial charge in [-0.15, -0.1) is 0 Å². The number of nitrogens with zero attached hydrogens (tertiary/aromatic N) is 1. The molecule has 0 saturated carbocycles. The van der Waals surface area contributed by atoms with E-state index in [0.717, 1.165) is 28.0 Å². The van der Waals surface area contributed by atoms with Gasteiger partial charge in [0.2, 0.25) is 0 Å². The molecule has 0 aliphatic rings. The number of benzene rings is 2. The molecule has 5 nitrogen and oxygen atoms in total. The predicted octanol–water partition coefficient (Wildman–Crippen LogP) is 2.76. The van der Waals surface area contributed by atoms with Gasteiger partial charge in [-0.25, -0.2) is 8.42 Å². The van der Waals surface area contributed by atoms with E-state index >= 15 is 0 Å². The van der Waals surface area contributed by atoms with Crippen LogP contribution in [0.15, 0.2) is 62.9 Å². The van der Waals surface area contributed by atoms with E-state index in [4.69, 9.17) is 0 Å². The van der Waals surface area contributed by atoms with E-state index in [9.17, 15) is 8.42 Å². The first-order chi connectivity index (χ1) is 11.9. The number of aliphatic imine (C=N–C) groups is 1. The lowest BCUT2D eigenvalue weighted by atomic mass is 10.1. The number of hydrogen-bond acceptors (Lipinski definition) is 3. The number of guanidine groups is 1. The van der Waals surface area contributed by atoms with E-state index in [-0.39, 0.29) is 0 Å². The van der Waals surface area contributed by atoms with Gasteiger partial charge < -0.3 is 10.6 Å². The van der Waals surface area contributed by atoms with Crippen LogP contribution in [-0.4, -0.2) is 34.2 Å². The van der Waals surface area contributed by atoms with Crippen LogP contribution < -0.4 is 10.6 Å². The second-order valence-corrected chi connectivity index (χ2v) is 8.58. The highest BCUT2D eigenvalue weighted by molar-refractivity contribution is 9.10. The zero-order valence-electron chi connectivity index (χ0n) is 14.3. The summed E-state index contributed by atoms with van der Waals surface area (Å²) in [6, 6.07) is 15.1. The maximum Gasteiger partial charge on any atom is 0.191 e. The highest BCUT2D eigenvalue weighted by atomic mass is 79.9. The van der Waals surface area contributed by atoms with Crippen molar-refractivity contribution in [2.24, 2.45) is 4.99 Å². The van der Waals surface area contributed by atoms with Crippen LogP contribution in [0.25, 0.3) is 0 Å². The van der Waals surface area contributed by atoms with E-state index in [2.05, 4.69) is 37.6 Å². The molecule has 7 heteroatoms. The van der Waals surface area contributed by atoms with E-state index in [1.54, 1.807) is 19.2 Å². The van der Waals surface area contributed by atoms with Gasteiger partial charge in [0, 0.05) is 30.9 Å². The van der Waals surface area contributed by atoms with Crippen molar-refractivity contribution in [3.05, 3.63) is 64.1 Å². The third kappa shape index (κ3) is 6.51. The first-order valence-corrected chi connectivity index (χ1v) is 10.5. The summed E-state index contributed by atoms with van der Waals surface area (Å²) < 4.78 is 24.0. The molecular weight excluding hydrogens is 402 g/mol. The second kappa shape index (κ2) is 9.01. The standard InChI is InChI=1S/C18H22BrN3O2S/c1-20-18(22-13-15-4-3-5-16(19)12-15)21-11-10-14-6-8-17(9-7-14)25(2,23)24/h3-9,12H,10-11,13H2,1-2H3,(H2,20,21,22). The summed E-state index contributed by atoms with van der Waals surface area (Å²) in [6.07, 6.45) is 1.99. The number of nitrogens with one attached hydrogen (secondary N) is 2. The van der Waals surface area contributed by atoms with E-state index < -0.39 is 9.84 Å². The van der Waals surface area contributed by atoms with Crippen LogP contribution in [0.2, 0.25) is 0 Å². The third-order valence-electron chi connectivity index (χ3n) is 3.63. The molecule has 0 amide bonds. The fourth-order valence-corrected chi connectivity index (χ4v) is 3.36. The van der Waals surface area contributed by atoms with Crippen LogP contribution >= 0.6 is 15.9 Å². The van der Waals surface area contributed by atoms with Gasteiger partial charge in [0.25, 0.3) is 0 Å². The molecule has 0 bridgehead atoms. The smallest absolute Gasteiger partial charge is 0.191 e. The summed E-state index contributed by atoms with van der Waals surface area (Å²) in [6.45, 7) is 1.39. The van der Waals surface area contributed by atoms with Gasteiger partial charge in [-0.2, -0.15) is 0 Å². The van der Waals surface area contributed by atoms with Crippen molar-refractivity contribution < 1.29 is 8.42 Å². The molecule has 2 aromatic carbocycles. The Morgan fingerprint density at radius 2 is 1.80 bits per heavy atom. The predicted molar refractivity (Wildman–Crippen MR) is 106 cm³/mol. The molecule has 0 aromatic heterocycles. The Kier molecular flexibility index (Phi) is 7.01. The number of hydrogen-bond donors (Lipinski definition) is 2. The average Bonchev–Trinajstić information content (AvgIpc) is 2.57. The quantitative estimate of drug-likeness (QED) is 0.553. The van der Waals surface area contributed by atoms with E-state index in [0.29, 0.717) is 18.0 Å². The first-order valence-electron chi connectivity index (χ1n) is 7.86. The molecule has 2 rings (SSSR count). The van der Waals surface area contributed by atoms with Crippen molar-refractivity contribution in [1.29, 1.82) is 0 Å². The normalized spacial score (nSPS) is 12.0. The van der Waals surface area contributed by atoms with Crippen LogP contribution in [-0.2, 0) is 22.8 Å². The molecule has 2 aromatic rings. The maximum atomic E-state index is 11.5. The lowest BCUT2D eigenvalue weighted by Crippen LogP contribution is -2.37. The van der Waals surface area contributed by atoms with Crippen molar-refractivity contribution >= 4 is 31.7 Å². The van der Waals surface area contributed by atoms with Crippen molar-refractivity contribution in [3.8, 4) is 0 Å². The topological polar surface area (TPSA) is 70.6 Å². The van der Waals surface area contributed by atoms with Gasteiger partial charge >= 0.3 is 0 Å². The Hall–Kier alpha value is -1.86. The Labute approximate surface area is 157 Å². The van der Waals surface area contributed by atoms with Gasteiger partial charge in [-0.1, -0.05) is 40.2 Å². The number of halogens is 1. The minimum Gasteiger partial charge on any atom is -0.356 e. The molecule has 0 fully saturated rings. The Balaban J connectivity index is 1.81. The molecule has 0 aliphatic carbocycles. The van der Waals surface area contributed by atoms with Crippen LogP contribution in [0.1, 0.15) is 11.1 Å². The summed E-state index contributed by atoms with van der Waals surface area (Å²) in [4.78, 5) is 4.55. The van der Waals surface area contributed by atoms with Crippen molar-refractivity contribution in [2.75, 3.05) is 19.8 Å². The summed E-state index contributed by atoms with van der Waals surface area (Å²) >= 11 is 3.46. The van der Waals surface area contributed by atoms with Crippen molar-refractivity contribution in [2.45, 2.75) is 17.9 Å². The molecule has 0 spiro atoms. The van der Waals surface area contributed by atoms with Crippen LogP contribution in [0, 0.1) is 0 Å². The Morgan fingerprint density at radius 3 is 2.40 bits per heavy atom. The maximum absolute atomic E-state index is 11.5. The zero-order chi connectivity index (χ0) is 18.3. The monoisotopic (exact) mass is 423 g/mol. The number of sulfone groups is 1. The lowest BCUT2D eigenvalue weighted by Gasteiger charge is -2.12. The first kappa shape index (κ1) is 19.5. The third-order valence-corrected chi connectivity index (χ3v) is 5.25. The highest BCUT2D eigenvalue weighted by Crippen LogP contribution is 2.11. The second-order valence-electron chi connectivity index (χ2n) is 5.65. The minimum atomic E-state index is -3.14. The molecule has 2 N–H and O–H groups in total. The lowest BCUT2D eigenvalue weighted by molar-refractivity contribution is 0.602. The van der Waals surface area contributed by atoms with Gasteiger partial charge in [0.05, 0.1) is 4.90 Å². The summed E-state index contributed by atoms with van der Waals surface area (Å²) in [5.41, 5.74) is 2.23. The Bertz CT molecular complexity index is 834. The molecule has 0 heterocycles. The molecule has 0 saturated heterocycles. The van der Waals surface area contributed by atoms with Crippen LogP contribution in [0.3, 0.4) is 0 Å². The highest BCUT2D eigenvalue weighted by Gasteiger charge is 2.06. The summed E-state index contributed by atoms with van der Waals surface area (Å²) in [5, 5.41) is 6.52. The summed E-state index contributed by atoms with van der Waals surface area (Å²) in [5.74, 6) is 0.729. The largest absolute Gasteiger partial charge is 0.356 e. The molecule has 0 unspecified atom stereocenters. The average molecular weight is 424 g/mol. The molecular formula is C18H22BrN3O2S. The van der Waals surface area contributed by atoms with E-state index in [1.165, 1.54) is 6.26 Å². The van der Waals surface area contributed by atoms with Crippen LogP contribution in [0.5, 0.6) is 0 Å². The van der Waals surface area contributed by atoms with Gasteiger partial charge in [-0.05, 0) is 41.8 Å². The fourth-order valence-electron chi connectivity index (χ4n) is 2.28. The molecule has 0 atom stereocenters. The van der Waals surface area contributed by atoms with Crippen molar-refractivity contribution in [3.63, 3.8) is 0 Å². The van der Waals surface area contributed by atoms with E-state index in [1.807, 2.05) is 30.3 Å². The molecule has 134 valence electrons. The minimum absolute atomic E-state index is 0.343. The zero-order valence-corrected chi connectivity index (χ0v) is 16.7. The molecule has 25 heavy (non-hydrogen) atoms. The Morgan fingerprint density at radius 1 is 1.08 bits per heavy atom. The van der Waals surface area contributed by atoms with Gasteiger partial charge in [-0.3, -0.25) is 4.99 Å². The molecule has 0 aliphatic heterocycles. The van der Waals surface area contributed by atoms with Crippen molar-refractivity contribution in [1.82, 2.24) is 10.6 Å². The fraction of sp³-hybridized carbons (Fsp3) is 0.278. The molecule has 0 radical (unpaired) electrons.